The fourth-order valence-corrected chi connectivity index (χ4v) is 3.13. The molecule has 2 rings (SSSR count). The second kappa shape index (κ2) is 4.64. The molecule has 6 heteroatoms. The molecule has 0 amide bonds. The van der Waals surface area contributed by atoms with Gasteiger partial charge in [-0.25, -0.2) is 9.67 Å². The van der Waals surface area contributed by atoms with Gasteiger partial charge < -0.3 is 5.73 Å². The second-order valence-corrected chi connectivity index (χ2v) is 5.39. The quantitative estimate of drug-likeness (QED) is 0.592. The van der Waals surface area contributed by atoms with E-state index in [1.54, 1.807) is 11.0 Å². The van der Waals surface area contributed by atoms with Gasteiger partial charge in [-0.15, -0.1) is 0 Å². The third-order valence-electron chi connectivity index (χ3n) is 1.95. The van der Waals surface area contributed by atoms with E-state index >= 15 is 0 Å². The number of rotatable bonds is 2. The molecule has 2 N–H and O–H groups in total. The Balaban J connectivity index is 2.30. The molecule has 2 aromatic rings. The Morgan fingerprint density at radius 3 is 2.47 bits per heavy atom. The molecular weight excluding hydrogens is 418 g/mol. The standard InChI is InChI=1S/C9H8I2N4/c10-7-1-6(2-8(11)9(7)12)3-15-5-13-4-14-15/h1-2,4-5H,3,12H2. The Labute approximate surface area is 115 Å². The maximum Gasteiger partial charge on any atom is 0.137 e. The van der Waals surface area contributed by atoms with Crippen LogP contribution in [-0.2, 0) is 6.54 Å². The smallest absolute Gasteiger partial charge is 0.137 e. The Bertz CT molecular complexity index is 444. The average molecular weight is 426 g/mol. The lowest BCUT2D eigenvalue weighted by atomic mass is 10.2. The van der Waals surface area contributed by atoms with Crippen molar-refractivity contribution in [2.45, 2.75) is 6.54 Å². The number of hydrogen-bond donors (Lipinski definition) is 1. The maximum atomic E-state index is 5.87. The molecule has 1 aromatic heterocycles. The van der Waals surface area contributed by atoms with Crippen molar-refractivity contribution in [2.24, 2.45) is 0 Å². The highest BCUT2D eigenvalue weighted by Crippen LogP contribution is 2.23. The Morgan fingerprint density at radius 2 is 1.93 bits per heavy atom. The molecule has 1 aromatic carbocycles. The van der Waals surface area contributed by atoms with Crippen LogP contribution < -0.4 is 5.73 Å². The Hall–Kier alpha value is -0.380. The highest BCUT2D eigenvalue weighted by atomic mass is 127. The molecule has 0 unspecified atom stereocenters. The zero-order valence-corrected chi connectivity index (χ0v) is 12.0. The van der Waals surface area contributed by atoms with Crippen molar-refractivity contribution in [1.29, 1.82) is 0 Å². The monoisotopic (exact) mass is 426 g/mol. The van der Waals surface area contributed by atoms with E-state index in [0.29, 0.717) is 0 Å². The van der Waals surface area contributed by atoms with Crippen molar-refractivity contribution in [2.75, 3.05) is 5.73 Å². The molecule has 4 nitrogen and oxygen atoms in total. The first-order valence-electron chi connectivity index (χ1n) is 4.22. The van der Waals surface area contributed by atoms with Crippen LogP contribution in [0.2, 0.25) is 0 Å². The molecule has 0 aliphatic carbocycles. The van der Waals surface area contributed by atoms with Gasteiger partial charge in [0.1, 0.15) is 12.7 Å². The summed E-state index contributed by atoms with van der Waals surface area (Å²) in [6, 6.07) is 4.14. The molecule has 0 saturated carbocycles. The van der Waals surface area contributed by atoms with E-state index in [-0.39, 0.29) is 0 Å². The number of nitrogens with zero attached hydrogens (tertiary/aromatic N) is 3. The summed E-state index contributed by atoms with van der Waals surface area (Å²) in [7, 11) is 0. The number of benzene rings is 1. The van der Waals surface area contributed by atoms with Gasteiger partial charge in [0.2, 0.25) is 0 Å². The lowest BCUT2D eigenvalue weighted by Crippen LogP contribution is -2.02. The zero-order valence-electron chi connectivity index (χ0n) is 7.69. The molecule has 0 aliphatic rings. The lowest BCUT2D eigenvalue weighted by Gasteiger charge is -2.06. The summed E-state index contributed by atoms with van der Waals surface area (Å²) in [6.07, 6.45) is 3.24. The van der Waals surface area contributed by atoms with E-state index < -0.39 is 0 Å². The van der Waals surface area contributed by atoms with Gasteiger partial charge >= 0.3 is 0 Å². The third kappa shape index (κ3) is 2.60. The molecule has 0 bridgehead atoms. The van der Waals surface area contributed by atoms with Crippen LogP contribution >= 0.6 is 45.2 Å². The van der Waals surface area contributed by atoms with Crippen LogP contribution in [0.3, 0.4) is 0 Å². The molecule has 1 heterocycles. The normalized spacial score (nSPS) is 10.5. The van der Waals surface area contributed by atoms with Crippen LogP contribution in [0.15, 0.2) is 24.8 Å². The van der Waals surface area contributed by atoms with Gasteiger partial charge in [0.25, 0.3) is 0 Å². The van der Waals surface area contributed by atoms with Crippen molar-refractivity contribution in [3.8, 4) is 0 Å². The summed E-state index contributed by atoms with van der Waals surface area (Å²) in [6.45, 7) is 0.728. The predicted octanol–water partition coefficient (Wildman–Crippen LogP) is 2.12. The van der Waals surface area contributed by atoms with E-state index in [0.717, 1.165) is 19.4 Å². The van der Waals surface area contributed by atoms with E-state index in [9.17, 15) is 0 Å². The van der Waals surface area contributed by atoms with Crippen molar-refractivity contribution in [3.63, 3.8) is 0 Å². The SMILES string of the molecule is Nc1c(I)cc(Cn2cncn2)cc1I. The number of halogens is 2. The van der Waals surface area contributed by atoms with Crippen LogP contribution in [0.25, 0.3) is 0 Å². The predicted molar refractivity (Wildman–Crippen MR) is 75.4 cm³/mol. The van der Waals surface area contributed by atoms with Gasteiger partial charge in [-0.2, -0.15) is 5.10 Å². The highest BCUT2D eigenvalue weighted by molar-refractivity contribution is 14.1. The molecule has 0 fully saturated rings. The average Bonchev–Trinajstić information content (AvgIpc) is 2.66. The summed E-state index contributed by atoms with van der Waals surface area (Å²) in [5.74, 6) is 0. The van der Waals surface area contributed by atoms with Gasteiger partial charge in [0, 0.05) is 7.14 Å². The van der Waals surface area contributed by atoms with Crippen LogP contribution in [-0.4, -0.2) is 14.8 Å². The first-order chi connectivity index (χ1) is 7.16. The maximum absolute atomic E-state index is 5.87. The molecule has 0 radical (unpaired) electrons. The van der Waals surface area contributed by atoms with E-state index in [1.165, 1.54) is 11.9 Å². The van der Waals surface area contributed by atoms with Crippen molar-refractivity contribution in [3.05, 3.63) is 37.5 Å². The minimum absolute atomic E-state index is 0.728. The molecular formula is C9H8I2N4. The van der Waals surface area contributed by atoms with E-state index in [4.69, 9.17) is 5.73 Å². The summed E-state index contributed by atoms with van der Waals surface area (Å²) in [5.41, 5.74) is 7.90. The number of anilines is 1. The van der Waals surface area contributed by atoms with Gasteiger partial charge in [0.15, 0.2) is 0 Å². The largest absolute Gasteiger partial charge is 0.397 e. The number of aromatic nitrogens is 3. The van der Waals surface area contributed by atoms with Crippen LogP contribution in [0, 0.1) is 7.14 Å². The number of nitrogens with two attached hydrogens (primary N) is 1. The van der Waals surface area contributed by atoms with Crippen molar-refractivity contribution >= 4 is 50.9 Å². The van der Waals surface area contributed by atoms with Crippen LogP contribution in [0.4, 0.5) is 5.69 Å². The first kappa shape index (κ1) is 11.1. The highest BCUT2D eigenvalue weighted by Gasteiger charge is 2.04. The number of nitrogen functional groups attached to an aromatic ring is 1. The van der Waals surface area contributed by atoms with Crippen LogP contribution in [0.1, 0.15) is 5.56 Å². The van der Waals surface area contributed by atoms with Gasteiger partial charge in [-0.3, -0.25) is 0 Å². The molecule has 0 aliphatic heterocycles. The lowest BCUT2D eigenvalue weighted by molar-refractivity contribution is 0.684. The van der Waals surface area contributed by atoms with Crippen LogP contribution in [0.5, 0.6) is 0 Å². The summed E-state index contributed by atoms with van der Waals surface area (Å²) < 4.78 is 3.95. The summed E-state index contributed by atoms with van der Waals surface area (Å²) in [4.78, 5) is 3.90. The third-order valence-corrected chi connectivity index (χ3v) is 3.73. The fourth-order valence-electron chi connectivity index (χ4n) is 1.23. The van der Waals surface area contributed by atoms with Gasteiger partial charge in [-0.05, 0) is 62.9 Å². The minimum atomic E-state index is 0.728. The molecule has 0 saturated heterocycles. The molecule has 15 heavy (non-hydrogen) atoms. The van der Waals surface area contributed by atoms with Gasteiger partial charge in [0.05, 0.1) is 12.2 Å². The molecule has 0 atom stereocenters. The fraction of sp³-hybridized carbons (Fsp3) is 0.111. The Kier molecular flexibility index (Phi) is 3.44. The van der Waals surface area contributed by atoms with E-state index in [1.807, 2.05) is 0 Å². The van der Waals surface area contributed by atoms with Gasteiger partial charge in [-0.1, -0.05) is 0 Å². The molecule has 0 spiro atoms. The van der Waals surface area contributed by atoms with E-state index in [2.05, 4.69) is 67.4 Å². The first-order valence-corrected chi connectivity index (χ1v) is 6.38. The topological polar surface area (TPSA) is 56.7 Å². The van der Waals surface area contributed by atoms with Crippen molar-refractivity contribution in [1.82, 2.24) is 14.8 Å². The summed E-state index contributed by atoms with van der Waals surface area (Å²) >= 11 is 4.48. The number of hydrogen-bond acceptors (Lipinski definition) is 3. The minimum Gasteiger partial charge on any atom is -0.397 e. The zero-order chi connectivity index (χ0) is 10.8. The molecule has 78 valence electrons. The Morgan fingerprint density at radius 1 is 1.27 bits per heavy atom. The van der Waals surface area contributed by atoms with Crippen molar-refractivity contribution < 1.29 is 0 Å². The summed E-state index contributed by atoms with van der Waals surface area (Å²) in [5, 5.41) is 4.06. The second-order valence-electron chi connectivity index (χ2n) is 3.07.